The lowest BCUT2D eigenvalue weighted by molar-refractivity contribution is 0.171. The van der Waals surface area contributed by atoms with Crippen molar-refractivity contribution in [3.05, 3.63) is 60.0 Å². The van der Waals surface area contributed by atoms with E-state index in [2.05, 4.69) is 6.08 Å². The highest BCUT2D eigenvalue weighted by atomic mass is 19.1. The highest BCUT2D eigenvalue weighted by Crippen LogP contribution is 2.44. The number of allylic oxidation sites excluding steroid dienone is 4. The summed E-state index contributed by atoms with van der Waals surface area (Å²) in [6.07, 6.45) is 18.1. The van der Waals surface area contributed by atoms with Crippen molar-refractivity contribution >= 4 is 0 Å². The largest absolute Gasteiger partial charge is 0.207 e. The summed E-state index contributed by atoms with van der Waals surface area (Å²) in [5.41, 5.74) is 1.32. The van der Waals surface area contributed by atoms with E-state index in [0.717, 1.165) is 11.8 Å². The molecule has 1 aromatic rings. The topological polar surface area (TPSA) is 23.8 Å². The second-order valence-electron chi connectivity index (χ2n) is 7.71. The van der Waals surface area contributed by atoms with E-state index in [9.17, 15) is 4.39 Å². The second-order valence-corrected chi connectivity index (χ2v) is 7.71. The van der Waals surface area contributed by atoms with Crippen molar-refractivity contribution in [3.63, 3.8) is 0 Å². The van der Waals surface area contributed by atoms with Gasteiger partial charge in [0.25, 0.3) is 0 Å². The normalized spacial score (nSPS) is 30.6. The molecule has 0 N–H and O–H groups in total. The molecular formula is C23H28FN. The van der Waals surface area contributed by atoms with Crippen LogP contribution < -0.4 is 0 Å². The Kier molecular flexibility index (Phi) is 6.45. The first-order valence-corrected chi connectivity index (χ1v) is 9.74. The SMILES string of the molecule is N#C/C=C/C=C/C1CCC([C@H]2CC[C@H](c3ccc(F)cc3)CC2)CC1. The quantitative estimate of drug-likeness (QED) is 0.452. The Hall–Kier alpha value is -1.88. The van der Waals surface area contributed by atoms with Gasteiger partial charge in [-0.15, -0.1) is 0 Å². The average Bonchev–Trinajstić information content (AvgIpc) is 2.67. The Morgan fingerprint density at radius 2 is 1.44 bits per heavy atom. The van der Waals surface area contributed by atoms with Crippen molar-refractivity contribution in [1.29, 1.82) is 5.26 Å². The third-order valence-electron chi connectivity index (χ3n) is 6.26. The summed E-state index contributed by atoms with van der Waals surface area (Å²) in [4.78, 5) is 0. The molecule has 0 atom stereocenters. The summed E-state index contributed by atoms with van der Waals surface area (Å²) in [5.74, 6) is 2.97. The number of hydrogen-bond donors (Lipinski definition) is 0. The van der Waals surface area contributed by atoms with Gasteiger partial charge in [0.15, 0.2) is 0 Å². The average molecular weight is 337 g/mol. The van der Waals surface area contributed by atoms with E-state index in [-0.39, 0.29) is 5.82 Å². The van der Waals surface area contributed by atoms with Crippen LogP contribution in [0.5, 0.6) is 0 Å². The molecular weight excluding hydrogens is 309 g/mol. The van der Waals surface area contributed by atoms with Gasteiger partial charge in [0.2, 0.25) is 0 Å². The maximum Gasteiger partial charge on any atom is 0.123 e. The zero-order chi connectivity index (χ0) is 17.5. The van der Waals surface area contributed by atoms with Crippen LogP contribution in [-0.2, 0) is 0 Å². The van der Waals surface area contributed by atoms with E-state index in [1.807, 2.05) is 30.4 Å². The standard InChI is InChI=1S/C23H28FN/c24-23-15-13-22(14-16-23)21-11-9-20(10-12-21)19-7-5-18(6-8-19)4-2-1-3-17-25/h1-4,13-16,18-21H,5-12H2/b3-1+,4-2+/t18?,19?,20-,21-. The molecule has 0 saturated heterocycles. The molecule has 0 radical (unpaired) electrons. The maximum atomic E-state index is 13.1. The molecule has 1 nitrogen and oxygen atoms in total. The highest BCUT2D eigenvalue weighted by molar-refractivity contribution is 5.21. The minimum atomic E-state index is -0.133. The van der Waals surface area contributed by atoms with Gasteiger partial charge >= 0.3 is 0 Å². The molecule has 0 aromatic heterocycles. The van der Waals surface area contributed by atoms with E-state index >= 15 is 0 Å². The molecule has 2 aliphatic carbocycles. The molecule has 25 heavy (non-hydrogen) atoms. The van der Waals surface area contributed by atoms with E-state index in [1.165, 1.54) is 63.0 Å². The van der Waals surface area contributed by atoms with Crippen molar-refractivity contribution < 1.29 is 4.39 Å². The lowest BCUT2D eigenvalue weighted by Gasteiger charge is -2.37. The zero-order valence-corrected chi connectivity index (χ0v) is 14.9. The van der Waals surface area contributed by atoms with Crippen molar-refractivity contribution in [1.82, 2.24) is 0 Å². The summed E-state index contributed by atoms with van der Waals surface area (Å²) in [5, 5.41) is 8.50. The van der Waals surface area contributed by atoms with Crippen LogP contribution in [0.25, 0.3) is 0 Å². The van der Waals surface area contributed by atoms with Gasteiger partial charge in [0.05, 0.1) is 6.07 Å². The third kappa shape index (κ3) is 5.05. The van der Waals surface area contributed by atoms with E-state index in [4.69, 9.17) is 5.26 Å². The predicted octanol–water partition coefficient (Wildman–Crippen LogP) is 6.54. The molecule has 0 bridgehead atoms. The van der Waals surface area contributed by atoms with Crippen LogP contribution in [0.15, 0.2) is 48.6 Å². The van der Waals surface area contributed by atoms with E-state index in [0.29, 0.717) is 11.8 Å². The van der Waals surface area contributed by atoms with Gasteiger partial charge in [-0.25, -0.2) is 4.39 Å². The third-order valence-corrected chi connectivity index (χ3v) is 6.26. The van der Waals surface area contributed by atoms with Gasteiger partial charge in [0.1, 0.15) is 5.82 Å². The number of rotatable bonds is 4. The first-order chi connectivity index (χ1) is 12.3. The van der Waals surface area contributed by atoms with Crippen LogP contribution in [0.3, 0.4) is 0 Å². The van der Waals surface area contributed by atoms with Crippen molar-refractivity contribution in [2.45, 2.75) is 57.3 Å². The Balaban J connectivity index is 1.43. The van der Waals surface area contributed by atoms with E-state index < -0.39 is 0 Å². The lowest BCUT2D eigenvalue weighted by Crippen LogP contribution is -2.25. The van der Waals surface area contributed by atoms with Crippen LogP contribution in [0.4, 0.5) is 4.39 Å². The molecule has 2 saturated carbocycles. The van der Waals surface area contributed by atoms with Crippen molar-refractivity contribution in [2.75, 3.05) is 0 Å². The summed E-state index contributed by atoms with van der Waals surface area (Å²) in [6.45, 7) is 0. The van der Waals surface area contributed by atoms with E-state index in [1.54, 1.807) is 12.1 Å². The molecule has 2 fully saturated rings. The molecule has 0 aliphatic heterocycles. The molecule has 3 rings (SSSR count). The minimum absolute atomic E-state index is 0.133. The fourth-order valence-corrected chi connectivity index (χ4v) is 4.79. The van der Waals surface area contributed by atoms with Gasteiger partial charge in [-0.05, 0) is 92.7 Å². The number of hydrogen-bond acceptors (Lipinski definition) is 1. The maximum absolute atomic E-state index is 13.1. The lowest BCUT2D eigenvalue weighted by atomic mass is 9.68. The van der Waals surface area contributed by atoms with Crippen LogP contribution in [0, 0.1) is 34.9 Å². The summed E-state index contributed by atoms with van der Waals surface area (Å²) in [6, 6.07) is 9.16. The Morgan fingerprint density at radius 3 is 2.04 bits per heavy atom. The molecule has 2 aliphatic rings. The molecule has 0 unspecified atom stereocenters. The summed E-state index contributed by atoms with van der Waals surface area (Å²) < 4.78 is 13.1. The number of nitriles is 1. The fourth-order valence-electron chi connectivity index (χ4n) is 4.79. The monoisotopic (exact) mass is 337 g/mol. The molecule has 1 aromatic carbocycles. The van der Waals surface area contributed by atoms with Crippen LogP contribution in [-0.4, -0.2) is 0 Å². The molecule has 132 valence electrons. The highest BCUT2D eigenvalue weighted by Gasteiger charge is 2.30. The Labute approximate surface area is 151 Å². The zero-order valence-electron chi connectivity index (χ0n) is 14.9. The van der Waals surface area contributed by atoms with Gasteiger partial charge in [-0.2, -0.15) is 5.26 Å². The predicted molar refractivity (Wildman–Crippen MR) is 100 cm³/mol. The molecule has 0 amide bonds. The Morgan fingerprint density at radius 1 is 0.840 bits per heavy atom. The first kappa shape index (κ1) is 17.9. The van der Waals surface area contributed by atoms with Gasteiger partial charge in [0, 0.05) is 6.08 Å². The van der Waals surface area contributed by atoms with Crippen molar-refractivity contribution in [2.24, 2.45) is 17.8 Å². The minimum Gasteiger partial charge on any atom is -0.207 e. The van der Waals surface area contributed by atoms with Crippen LogP contribution in [0.2, 0.25) is 0 Å². The second kappa shape index (κ2) is 8.99. The number of halogens is 1. The van der Waals surface area contributed by atoms with Gasteiger partial charge in [-0.3, -0.25) is 0 Å². The van der Waals surface area contributed by atoms with Crippen LogP contribution in [0.1, 0.15) is 62.8 Å². The van der Waals surface area contributed by atoms with Crippen molar-refractivity contribution in [3.8, 4) is 6.07 Å². The Bertz CT molecular complexity index is 621. The molecule has 2 heteroatoms. The molecule has 0 spiro atoms. The summed E-state index contributed by atoms with van der Waals surface area (Å²) >= 11 is 0. The van der Waals surface area contributed by atoms with Gasteiger partial charge < -0.3 is 0 Å². The first-order valence-electron chi connectivity index (χ1n) is 9.74. The number of nitrogens with zero attached hydrogens (tertiary/aromatic N) is 1. The van der Waals surface area contributed by atoms with Crippen LogP contribution >= 0.6 is 0 Å². The summed E-state index contributed by atoms with van der Waals surface area (Å²) in [7, 11) is 0. The molecule has 0 heterocycles. The fraction of sp³-hybridized carbons (Fsp3) is 0.522. The smallest absolute Gasteiger partial charge is 0.123 e. The van der Waals surface area contributed by atoms with Gasteiger partial charge in [-0.1, -0.05) is 30.4 Å². The number of benzene rings is 1.